The van der Waals surface area contributed by atoms with Crippen molar-refractivity contribution < 1.29 is 19.8 Å². The summed E-state index contributed by atoms with van der Waals surface area (Å²) >= 11 is 0. The summed E-state index contributed by atoms with van der Waals surface area (Å²) in [6.45, 7) is 0. The van der Waals surface area contributed by atoms with E-state index >= 15 is 0 Å². The number of ketones is 1. The molecule has 0 aliphatic heterocycles. The molecule has 4 nitrogen and oxygen atoms in total. The summed E-state index contributed by atoms with van der Waals surface area (Å²) in [6, 6.07) is 19.6. The third kappa shape index (κ3) is 3.87. The third-order valence-corrected chi connectivity index (χ3v) is 4.97. The van der Waals surface area contributed by atoms with Gasteiger partial charge in [-0.2, -0.15) is 0 Å². The molecule has 0 saturated heterocycles. The summed E-state index contributed by atoms with van der Waals surface area (Å²) in [4.78, 5) is 23.4. The molecule has 0 fully saturated rings. The second-order valence-corrected chi connectivity index (χ2v) is 6.90. The first-order valence-electron chi connectivity index (χ1n) is 9.19. The number of carboxylic acids is 1. The number of phenols is 1. The summed E-state index contributed by atoms with van der Waals surface area (Å²) in [7, 11) is 0. The number of hydrogen-bond acceptors (Lipinski definition) is 3. The van der Waals surface area contributed by atoms with Crippen LogP contribution in [0.1, 0.15) is 31.8 Å². The summed E-state index contributed by atoms with van der Waals surface area (Å²) in [5.41, 5.74) is 5.42. The molecule has 0 bridgehead atoms. The van der Waals surface area contributed by atoms with Crippen LogP contribution in [0.3, 0.4) is 0 Å². The largest absolute Gasteiger partial charge is 0.508 e. The smallest absolute Gasteiger partial charge is 0.335 e. The van der Waals surface area contributed by atoms with Gasteiger partial charge in [-0.05, 0) is 46.5 Å². The number of Topliss-reactive ketones (excluding diaryl/α,β-unsaturated/α-hetero) is 1. The van der Waals surface area contributed by atoms with E-state index in [0.717, 1.165) is 22.3 Å². The minimum absolute atomic E-state index is 0.0410. The van der Waals surface area contributed by atoms with Gasteiger partial charge in [0, 0.05) is 17.6 Å². The van der Waals surface area contributed by atoms with Gasteiger partial charge in [-0.3, -0.25) is 4.79 Å². The quantitative estimate of drug-likeness (QED) is 0.613. The van der Waals surface area contributed by atoms with Crippen LogP contribution in [0.15, 0.2) is 84.5 Å². The Kier molecular flexibility index (Phi) is 4.83. The van der Waals surface area contributed by atoms with Crippen LogP contribution >= 0.6 is 0 Å². The van der Waals surface area contributed by atoms with E-state index in [1.54, 1.807) is 36.4 Å². The molecule has 1 aliphatic carbocycles. The lowest BCUT2D eigenvalue weighted by molar-refractivity contribution is 0.0696. The van der Waals surface area contributed by atoms with Gasteiger partial charge in [0.25, 0.3) is 0 Å². The normalized spacial score (nSPS) is 14.5. The Hall–Kier alpha value is -3.92. The summed E-state index contributed by atoms with van der Waals surface area (Å²) in [6.07, 6.45) is 6.18. The molecule has 0 heterocycles. The number of carbonyl (C=O) groups excluding carboxylic acids is 1. The molecule has 3 aromatic carbocycles. The molecular weight excluding hydrogens is 364 g/mol. The van der Waals surface area contributed by atoms with Gasteiger partial charge in [-0.25, -0.2) is 4.79 Å². The lowest BCUT2D eigenvalue weighted by atomic mass is 10.0. The lowest BCUT2D eigenvalue weighted by Crippen LogP contribution is -1.94. The molecule has 142 valence electrons. The highest BCUT2D eigenvalue weighted by Gasteiger charge is 2.24. The van der Waals surface area contributed by atoms with E-state index in [4.69, 9.17) is 5.11 Å². The van der Waals surface area contributed by atoms with Crippen LogP contribution in [0.5, 0.6) is 5.75 Å². The Bertz CT molecular complexity index is 1150. The Balaban J connectivity index is 1.46. The maximum atomic E-state index is 12.4. The van der Waals surface area contributed by atoms with Crippen LogP contribution in [0.4, 0.5) is 0 Å². The van der Waals surface area contributed by atoms with Crippen molar-refractivity contribution in [1.29, 1.82) is 0 Å². The van der Waals surface area contributed by atoms with Gasteiger partial charge in [0.1, 0.15) is 5.75 Å². The van der Waals surface area contributed by atoms with Crippen molar-refractivity contribution >= 4 is 17.8 Å². The van der Waals surface area contributed by atoms with Crippen molar-refractivity contribution in [1.82, 2.24) is 0 Å². The van der Waals surface area contributed by atoms with E-state index < -0.39 is 5.97 Å². The highest BCUT2D eigenvalue weighted by atomic mass is 16.4. The van der Waals surface area contributed by atoms with E-state index in [1.807, 2.05) is 42.5 Å². The number of hydrogen-bond donors (Lipinski definition) is 2. The van der Waals surface area contributed by atoms with Gasteiger partial charge in [0.2, 0.25) is 0 Å². The lowest BCUT2D eigenvalue weighted by Gasteiger charge is -2.03. The van der Waals surface area contributed by atoms with Crippen LogP contribution < -0.4 is 0 Å². The average Bonchev–Trinajstić information content (AvgIpc) is 3.04. The molecular formula is C25H18O4. The first kappa shape index (κ1) is 18.4. The van der Waals surface area contributed by atoms with Crippen molar-refractivity contribution in [3.8, 4) is 16.9 Å². The second kappa shape index (κ2) is 7.60. The van der Waals surface area contributed by atoms with Gasteiger partial charge in [-0.1, -0.05) is 60.7 Å². The SMILES string of the molecule is O=C(O)c1ccc(-c2ccc(/C=C/C=C3\Cc4ccc(O)cc4C3=O)cc2)cc1. The van der Waals surface area contributed by atoms with E-state index in [0.29, 0.717) is 17.6 Å². The Morgan fingerprint density at radius 1 is 0.897 bits per heavy atom. The molecule has 0 spiro atoms. The molecule has 1 aliphatic rings. The van der Waals surface area contributed by atoms with Crippen molar-refractivity contribution in [2.24, 2.45) is 0 Å². The number of benzene rings is 3. The summed E-state index contributed by atoms with van der Waals surface area (Å²) in [5, 5.41) is 18.5. The summed E-state index contributed by atoms with van der Waals surface area (Å²) in [5.74, 6) is -0.876. The summed E-state index contributed by atoms with van der Waals surface area (Å²) < 4.78 is 0. The van der Waals surface area contributed by atoms with Crippen molar-refractivity contribution in [3.63, 3.8) is 0 Å². The number of aromatic carboxylic acids is 1. The van der Waals surface area contributed by atoms with E-state index in [-0.39, 0.29) is 17.1 Å². The highest BCUT2D eigenvalue weighted by Crippen LogP contribution is 2.29. The number of fused-ring (bicyclic) bond motifs is 1. The fraction of sp³-hybridized carbons (Fsp3) is 0.0400. The molecule has 3 aromatic rings. The minimum Gasteiger partial charge on any atom is -0.508 e. The predicted octanol–water partition coefficient (Wildman–Crippen LogP) is 5.14. The van der Waals surface area contributed by atoms with Gasteiger partial charge < -0.3 is 10.2 Å². The maximum absolute atomic E-state index is 12.4. The zero-order chi connectivity index (χ0) is 20.4. The molecule has 4 rings (SSSR count). The first-order valence-corrected chi connectivity index (χ1v) is 9.19. The van der Waals surface area contributed by atoms with Crippen LogP contribution in [-0.4, -0.2) is 22.0 Å². The second-order valence-electron chi connectivity index (χ2n) is 6.90. The monoisotopic (exact) mass is 382 g/mol. The molecule has 0 atom stereocenters. The molecule has 0 amide bonds. The molecule has 0 radical (unpaired) electrons. The Morgan fingerprint density at radius 2 is 1.55 bits per heavy atom. The molecule has 0 aromatic heterocycles. The minimum atomic E-state index is -0.938. The zero-order valence-corrected chi connectivity index (χ0v) is 15.5. The molecule has 4 heteroatoms. The fourth-order valence-corrected chi connectivity index (χ4v) is 3.39. The number of carbonyl (C=O) groups is 2. The molecule has 2 N–H and O–H groups in total. The number of allylic oxidation sites excluding steroid dienone is 3. The van der Waals surface area contributed by atoms with Crippen molar-refractivity contribution in [2.75, 3.05) is 0 Å². The van der Waals surface area contributed by atoms with Crippen LogP contribution in [0, 0.1) is 0 Å². The maximum Gasteiger partial charge on any atom is 0.335 e. The third-order valence-electron chi connectivity index (χ3n) is 4.97. The molecule has 0 unspecified atom stereocenters. The predicted molar refractivity (Wildman–Crippen MR) is 112 cm³/mol. The Labute approximate surface area is 168 Å². The number of carboxylic acid groups (broad SMARTS) is 1. The van der Waals surface area contributed by atoms with Crippen LogP contribution in [0.2, 0.25) is 0 Å². The highest BCUT2D eigenvalue weighted by molar-refractivity contribution is 6.13. The fourth-order valence-electron chi connectivity index (χ4n) is 3.39. The standard InChI is InChI=1S/C25H18O4/c26-22-13-12-20-14-21(24(27)23(20)15-22)3-1-2-16-4-6-17(7-5-16)18-8-10-19(11-9-18)25(28)29/h1-13,15,26H,14H2,(H,28,29)/b2-1+,21-3+. The van der Waals surface area contributed by atoms with Gasteiger partial charge in [-0.15, -0.1) is 0 Å². The van der Waals surface area contributed by atoms with E-state index in [2.05, 4.69) is 0 Å². The Morgan fingerprint density at radius 3 is 2.21 bits per heavy atom. The number of aromatic hydroxyl groups is 1. The van der Waals surface area contributed by atoms with Crippen LogP contribution in [-0.2, 0) is 6.42 Å². The molecule has 29 heavy (non-hydrogen) atoms. The zero-order valence-electron chi connectivity index (χ0n) is 15.5. The first-order chi connectivity index (χ1) is 14.0. The number of phenolic OH excluding ortho intramolecular Hbond substituents is 1. The van der Waals surface area contributed by atoms with E-state index in [1.165, 1.54) is 6.07 Å². The average molecular weight is 382 g/mol. The number of rotatable bonds is 4. The van der Waals surface area contributed by atoms with Gasteiger partial charge in [0.15, 0.2) is 5.78 Å². The van der Waals surface area contributed by atoms with Gasteiger partial charge in [0.05, 0.1) is 5.56 Å². The van der Waals surface area contributed by atoms with Crippen molar-refractivity contribution in [2.45, 2.75) is 6.42 Å². The van der Waals surface area contributed by atoms with Crippen LogP contribution in [0.25, 0.3) is 17.2 Å². The molecule has 0 saturated carbocycles. The topological polar surface area (TPSA) is 74.6 Å². The van der Waals surface area contributed by atoms with Gasteiger partial charge >= 0.3 is 5.97 Å². The van der Waals surface area contributed by atoms with Crippen molar-refractivity contribution in [3.05, 3.63) is 107 Å². The van der Waals surface area contributed by atoms with E-state index in [9.17, 15) is 14.7 Å².